The lowest BCUT2D eigenvalue weighted by Crippen LogP contribution is -2.31. The van der Waals surface area contributed by atoms with E-state index < -0.39 is 12.0 Å². The molecule has 1 unspecified atom stereocenters. The fourth-order valence-electron chi connectivity index (χ4n) is 0.999. The Labute approximate surface area is 82.0 Å². The molecule has 0 amide bonds. The number of pyridine rings is 1. The number of anilines is 1. The van der Waals surface area contributed by atoms with Crippen molar-refractivity contribution < 1.29 is 9.90 Å². The van der Waals surface area contributed by atoms with Crippen molar-refractivity contribution in [3.05, 3.63) is 24.4 Å². The van der Waals surface area contributed by atoms with E-state index in [4.69, 9.17) is 10.8 Å². The van der Waals surface area contributed by atoms with Gasteiger partial charge in [0.05, 0.1) is 6.42 Å². The molecule has 0 bridgehead atoms. The molecule has 0 aliphatic rings. The van der Waals surface area contributed by atoms with Gasteiger partial charge in [0, 0.05) is 18.8 Å². The van der Waals surface area contributed by atoms with E-state index in [-0.39, 0.29) is 6.42 Å². The lowest BCUT2D eigenvalue weighted by atomic mass is 10.2. The van der Waals surface area contributed by atoms with Gasteiger partial charge in [0.2, 0.25) is 0 Å². The van der Waals surface area contributed by atoms with Crippen LogP contribution in [-0.4, -0.2) is 28.6 Å². The first-order chi connectivity index (χ1) is 6.68. The highest BCUT2D eigenvalue weighted by atomic mass is 16.4. The average Bonchev–Trinajstić information content (AvgIpc) is 2.15. The quantitative estimate of drug-likeness (QED) is 0.628. The average molecular weight is 195 g/mol. The van der Waals surface area contributed by atoms with Crippen LogP contribution in [0, 0.1) is 0 Å². The van der Waals surface area contributed by atoms with Gasteiger partial charge in [0.1, 0.15) is 5.82 Å². The Kier molecular flexibility index (Phi) is 3.87. The molecule has 4 N–H and O–H groups in total. The van der Waals surface area contributed by atoms with Crippen molar-refractivity contribution in [2.24, 2.45) is 5.73 Å². The molecule has 0 aromatic carbocycles. The fraction of sp³-hybridized carbons (Fsp3) is 0.333. The topological polar surface area (TPSA) is 88.2 Å². The summed E-state index contributed by atoms with van der Waals surface area (Å²) in [5, 5.41) is 11.4. The first-order valence-corrected chi connectivity index (χ1v) is 4.31. The minimum atomic E-state index is -0.889. The molecule has 0 fully saturated rings. The number of nitrogens with two attached hydrogens (primary N) is 1. The minimum absolute atomic E-state index is 0.0418. The lowest BCUT2D eigenvalue weighted by Gasteiger charge is -2.10. The molecule has 1 heterocycles. The molecule has 0 saturated carbocycles. The van der Waals surface area contributed by atoms with E-state index in [1.807, 2.05) is 12.1 Å². The Morgan fingerprint density at radius 2 is 2.43 bits per heavy atom. The summed E-state index contributed by atoms with van der Waals surface area (Å²) in [6.45, 7) is 0.406. The van der Waals surface area contributed by atoms with Gasteiger partial charge in [-0.3, -0.25) is 4.79 Å². The van der Waals surface area contributed by atoms with Gasteiger partial charge >= 0.3 is 5.97 Å². The van der Waals surface area contributed by atoms with Crippen LogP contribution >= 0.6 is 0 Å². The summed E-state index contributed by atoms with van der Waals surface area (Å²) in [7, 11) is 0. The van der Waals surface area contributed by atoms with Gasteiger partial charge in [0.15, 0.2) is 0 Å². The number of aliphatic carboxylic acids is 1. The summed E-state index contributed by atoms with van der Waals surface area (Å²) in [6, 6.07) is 5.06. The zero-order chi connectivity index (χ0) is 10.4. The standard InChI is InChI=1S/C9H13N3O2/c10-7(5-9(13)14)6-12-8-3-1-2-4-11-8/h1-4,7H,5-6,10H2,(H,11,12)(H,13,14). The molecule has 1 rings (SSSR count). The van der Waals surface area contributed by atoms with Crippen LogP contribution in [0.25, 0.3) is 0 Å². The monoisotopic (exact) mass is 195 g/mol. The summed E-state index contributed by atoms with van der Waals surface area (Å²) >= 11 is 0. The second-order valence-electron chi connectivity index (χ2n) is 2.95. The maximum absolute atomic E-state index is 10.3. The van der Waals surface area contributed by atoms with Crippen LogP contribution in [0.5, 0.6) is 0 Å². The predicted molar refractivity (Wildman–Crippen MR) is 53.0 cm³/mol. The largest absolute Gasteiger partial charge is 0.481 e. The summed E-state index contributed by atoms with van der Waals surface area (Å²) in [4.78, 5) is 14.3. The summed E-state index contributed by atoms with van der Waals surface area (Å²) in [5.41, 5.74) is 5.55. The van der Waals surface area contributed by atoms with Gasteiger partial charge in [-0.25, -0.2) is 4.98 Å². The van der Waals surface area contributed by atoms with Crippen LogP contribution in [0.2, 0.25) is 0 Å². The van der Waals surface area contributed by atoms with E-state index in [1.54, 1.807) is 12.3 Å². The van der Waals surface area contributed by atoms with E-state index >= 15 is 0 Å². The number of carboxylic acid groups (broad SMARTS) is 1. The van der Waals surface area contributed by atoms with Crippen molar-refractivity contribution in [2.75, 3.05) is 11.9 Å². The van der Waals surface area contributed by atoms with Crippen LogP contribution in [0.1, 0.15) is 6.42 Å². The van der Waals surface area contributed by atoms with Gasteiger partial charge in [-0.2, -0.15) is 0 Å². The van der Waals surface area contributed by atoms with Gasteiger partial charge in [0.25, 0.3) is 0 Å². The molecule has 14 heavy (non-hydrogen) atoms. The summed E-state index contributed by atoms with van der Waals surface area (Å²) in [5.74, 6) is -0.186. The highest BCUT2D eigenvalue weighted by molar-refractivity contribution is 5.67. The molecule has 5 heteroatoms. The third-order valence-corrected chi connectivity index (χ3v) is 1.65. The van der Waals surface area contributed by atoms with Crippen molar-refractivity contribution in [1.82, 2.24) is 4.98 Å². The number of carbonyl (C=O) groups is 1. The van der Waals surface area contributed by atoms with E-state index in [2.05, 4.69) is 10.3 Å². The SMILES string of the molecule is NC(CNc1ccccn1)CC(=O)O. The molecule has 0 saturated heterocycles. The molecular formula is C9H13N3O2. The number of hydrogen-bond donors (Lipinski definition) is 3. The number of aromatic nitrogens is 1. The van der Waals surface area contributed by atoms with Crippen LogP contribution < -0.4 is 11.1 Å². The molecule has 0 aliphatic carbocycles. The lowest BCUT2D eigenvalue weighted by molar-refractivity contribution is -0.137. The first-order valence-electron chi connectivity index (χ1n) is 4.31. The molecule has 1 aromatic rings. The van der Waals surface area contributed by atoms with Crippen molar-refractivity contribution in [3.63, 3.8) is 0 Å². The molecule has 1 atom stereocenters. The Morgan fingerprint density at radius 3 is 3.00 bits per heavy atom. The molecule has 0 radical (unpaired) electrons. The smallest absolute Gasteiger partial charge is 0.304 e. The molecule has 0 aliphatic heterocycles. The van der Waals surface area contributed by atoms with Crippen molar-refractivity contribution in [1.29, 1.82) is 0 Å². The summed E-state index contributed by atoms with van der Waals surface area (Å²) in [6.07, 6.45) is 1.62. The number of carboxylic acids is 1. The Bertz CT molecular complexity index is 289. The minimum Gasteiger partial charge on any atom is -0.481 e. The fourth-order valence-corrected chi connectivity index (χ4v) is 0.999. The first kappa shape index (κ1) is 10.5. The maximum atomic E-state index is 10.3. The number of nitrogens with one attached hydrogen (secondary N) is 1. The van der Waals surface area contributed by atoms with Crippen LogP contribution in [-0.2, 0) is 4.79 Å². The van der Waals surface area contributed by atoms with Gasteiger partial charge < -0.3 is 16.2 Å². The molecule has 76 valence electrons. The van der Waals surface area contributed by atoms with Crippen molar-refractivity contribution in [3.8, 4) is 0 Å². The molecule has 1 aromatic heterocycles. The molecule has 0 spiro atoms. The Balaban J connectivity index is 2.30. The van der Waals surface area contributed by atoms with Crippen LogP contribution in [0.4, 0.5) is 5.82 Å². The van der Waals surface area contributed by atoms with Gasteiger partial charge in [-0.05, 0) is 12.1 Å². The zero-order valence-electron chi connectivity index (χ0n) is 7.68. The number of hydrogen-bond acceptors (Lipinski definition) is 4. The van der Waals surface area contributed by atoms with Crippen molar-refractivity contribution >= 4 is 11.8 Å². The van der Waals surface area contributed by atoms with E-state index in [0.29, 0.717) is 12.4 Å². The highest BCUT2D eigenvalue weighted by Gasteiger charge is 2.07. The van der Waals surface area contributed by atoms with Crippen LogP contribution in [0.3, 0.4) is 0 Å². The van der Waals surface area contributed by atoms with E-state index in [9.17, 15) is 4.79 Å². The molecular weight excluding hydrogens is 182 g/mol. The molecule has 5 nitrogen and oxygen atoms in total. The van der Waals surface area contributed by atoms with E-state index in [0.717, 1.165) is 0 Å². The van der Waals surface area contributed by atoms with Gasteiger partial charge in [-0.1, -0.05) is 6.07 Å². The van der Waals surface area contributed by atoms with E-state index in [1.165, 1.54) is 0 Å². The Hall–Kier alpha value is -1.62. The normalized spacial score (nSPS) is 12.1. The number of nitrogens with zero attached hydrogens (tertiary/aromatic N) is 1. The number of rotatable bonds is 5. The zero-order valence-corrected chi connectivity index (χ0v) is 7.68. The maximum Gasteiger partial charge on any atom is 0.304 e. The van der Waals surface area contributed by atoms with Crippen LogP contribution in [0.15, 0.2) is 24.4 Å². The second kappa shape index (κ2) is 5.18. The van der Waals surface area contributed by atoms with Gasteiger partial charge in [-0.15, -0.1) is 0 Å². The Morgan fingerprint density at radius 1 is 1.64 bits per heavy atom. The van der Waals surface area contributed by atoms with Crippen molar-refractivity contribution in [2.45, 2.75) is 12.5 Å². The third-order valence-electron chi connectivity index (χ3n) is 1.65. The third kappa shape index (κ3) is 3.86. The predicted octanol–water partition coefficient (Wildman–Crippen LogP) is 0.295. The summed E-state index contributed by atoms with van der Waals surface area (Å²) < 4.78 is 0. The second-order valence-corrected chi connectivity index (χ2v) is 2.95. The highest BCUT2D eigenvalue weighted by Crippen LogP contribution is 1.99.